The maximum absolute atomic E-state index is 12.0. The molecule has 1 unspecified atom stereocenters. The van der Waals surface area contributed by atoms with Gasteiger partial charge in [-0.15, -0.1) is 0 Å². The molecule has 0 spiro atoms. The molecule has 0 fully saturated rings. The van der Waals surface area contributed by atoms with Crippen molar-refractivity contribution >= 4 is 0 Å². The second-order valence-corrected chi connectivity index (χ2v) is 3.00. The van der Waals surface area contributed by atoms with Crippen molar-refractivity contribution < 1.29 is 13.2 Å². The lowest BCUT2D eigenvalue weighted by atomic mass is 10.1. The Hall–Kier alpha value is -1.04. The first-order valence-electron chi connectivity index (χ1n) is 4.28. The highest BCUT2D eigenvalue weighted by atomic mass is 19.4. The van der Waals surface area contributed by atoms with Crippen molar-refractivity contribution in [3.05, 3.63) is 18.0 Å². The van der Waals surface area contributed by atoms with Gasteiger partial charge in [-0.1, -0.05) is 0 Å². The van der Waals surface area contributed by atoms with Crippen LogP contribution in [0.15, 0.2) is 12.3 Å². The summed E-state index contributed by atoms with van der Waals surface area (Å²) < 4.78 is 37.5. The van der Waals surface area contributed by atoms with Crippen molar-refractivity contribution in [3.63, 3.8) is 0 Å². The number of aryl methyl sites for hydroxylation is 1. The minimum atomic E-state index is -4.23. The summed E-state index contributed by atoms with van der Waals surface area (Å²) in [6, 6.07) is 0.484. The van der Waals surface area contributed by atoms with E-state index in [1.54, 1.807) is 6.92 Å². The van der Waals surface area contributed by atoms with Gasteiger partial charge >= 0.3 is 6.18 Å². The maximum atomic E-state index is 12.0. The van der Waals surface area contributed by atoms with E-state index in [9.17, 15) is 13.2 Å². The van der Waals surface area contributed by atoms with Gasteiger partial charge in [0.2, 0.25) is 0 Å². The fraction of sp³-hybridized carbons (Fsp3) is 0.625. The van der Waals surface area contributed by atoms with E-state index >= 15 is 0 Å². The molecule has 1 heterocycles. The zero-order valence-electron chi connectivity index (χ0n) is 7.75. The monoisotopic (exact) mass is 207 g/mol. The molecule has 2 N–H and O–H groups in total. The van der Waals surface area contributed by atoms with Crippen LogP contribution in [-0.4, -0.2) is 16.0 Å². The molecule has 1 aromatic heterocycles. The van der Waals surface area contributed by atoms with E-state index in [2.05, 4.69) is 5.10 Å². The molecule has 1 atom stereocenters. The Morgan fingerprint density at radius 1 is 1.57 bits per heavy atom. The highest BCUT2D eigenvalue weighted by Crippen LogP contribution is 2.27. The number of halogens is 3. The summed E-state index contributed by atoms with van der Waals surface area (Å²) in [6.07, 6.45) is -3.80. The van der Waals surface area contributed by atoms with Crippen LogP contribution in [0.2, 0.25) is 0 Å². The normalized spacial score (nSPS) is 14.4. The van der Waals surface area contributed by atoms with Gasteiger partial charge in [0, 0.05) is 12.7 Å². The number of hydrogen-bond acceptors (Lipinski definition) is 2. The van der Waals surface area contributed by atoms with E-state index in [1.807, 2.05) is 0 Å². The van der Waals surface area contributed by atoms with Gasteiger partial charge < -0.3 is 5.73 Å². The Labute approximate surface area is 79.7 Å². The molecule has 14 heavy (non-hydrogen) atoms. The summed E-state index contributed by atoms with van der Waals surface area (Å²) >= 11 is 0. The molecule has 0 bridgehead atoms. The smallest absolute Gasteiger partial charge is 0.322 e. The van der Waals surface area contributed by atoms with E-state index in [-0.39, 0.29) is 0 Å². The van der Waals surface area contributed by atoms with Crippen LogP contribution in [0.5, 0.6) is 0 Å². The summed E-state index contributed by atoms with van der Waals surface area (Å²) in [5, 5.41) is 3.86. The Kier molecular flexibility index (Phi) is 3.15. The number of nitrogens with two attached hydrogens (primary N) is 1. The standard InChI is InChI=1S/C8H12F3N3/c1-2-14-7(3-4-13-14)6(12)5-8(9,10)11/h3-4,6H,2,5,12H2,1H3. The van der Waals surface area contributed by atoms with Crippen molar-refractivity contribution in [2.45, 2.75) is 32.1 Å². The van der Waals surface area contributed by atoms with E-state index < -0.39 is 18.6 Å². The predicted molar refractivity (Wildman–Crippen MR) is 45.5 cm³/mol. The predicted octanol–water partition coefficient (Wildman–Crippen LogP) is 1.86. The minimum Gasteiger partial charge on any atom is -0.322 e. The summed E-state index contributed by atoms with van der Waals surface area (Å²) in [5.74, 6) is 0. The molecule has 80 valence electrons. The first-order chi connectivity index (χ1) is 6.44. The molecule has 0 saturated carbocycles. The molecule has 0 aliphatic heterocycles. The average Bonchev–Trinajstić information content (AvgIpc) is 2.47. The van der Waals surface area contributed by atoms with Gasteiger partial charge in [0.05, 0.1) is 18.2 Å². The third kappa shape index (κ3) is 2.73. The van der Waals surface area contributed by atoms with Crippen LogP contribution in [-0.2, 0) is 6.54 Å². The van der Waals surface area contributed by atoms with Crippen molar-refractivity contribution in [1.82, 2.24) is 9.78 Å². The van der Waals surface area contributed by atoms with Crippen molar-refractivity contribution in [2.24, 2.45) is 5.73 Å². The molecule has 1 aromatic rings. The zero-order chi connectivity index (χ0) is 10.8. The summed E-state index contributed by atoms with van der Waals surface area (Å²) in [5.41, 5.74) is 5.84. The molecular formula is C8H12F3N3. The summed E-state index contributed by atoms with van der Waals surface area (Å²) in [4.78, 5) is 0. The van der Waals surface area contributed by atoms with Crippen LogP contribution < -0.4 is 5.73 Å². The van der Waals surface area contributed by atoms with Crippen LogP contribution in [0.3, 0.4) is 0 Å². The van der Waals surface area contributed by atoms with Gasteiger partial charge in [0.25, 0.3) is 0 Å². The maximum Gasteiger partial charge on any atom is 0.390 e. The number of nitrogens with zero attached hydrogens (tertiary/aromatic N) is 2. The molecule has 0 saturated heterocycles. The van der Waals surface area contributed by atoms with Gasteiger partial charge in [-0.3, -0.25) is 4.68 Å². The Balaban J connectivity index is 2.74. The van der Waals surface area contributed by atoms with Gasteiger partial charge in [-0.25, -0.2) is 0 Å². The van der Waals surface area contributed by atoms with Crippen molar-refractivity contribution in [3.8, 4) is 0 Å². The molecule has 0 radical (unpaired) electrons. The van der Waals surface area contributed by atoms with E-state index in [4.69, 9.17) is 5.73 Å². The molecule has 0 aliphatic rings. The molecule has 1 rings (SSSR count). The lowest BCUT2D eigenvalue weighted by Gasteiger charge is -2.15. The van der Waals surface area contributed by atoms with Gasteiger partial charge in [-0.05, 0) is 13.0 Å². The van der Waals surface area contributed by atoms with E-state index in [0.29, 0.717) is 12.2 Å². The number of hydrogen-bond donors (Lipinski definition) is 1. The Morgan fingerprint density at radius 2 is 2.21 bits per heavy atom. The molecule has 0 amide bonds. The fourth-order valence-corrected chi connectivity index (χ4v) is 1.28. The van der Waals surface area contributed by atoms with Gasteiger partial charge in [0.1, 0.15) is 0 Å². The van der Waals surface area contributed by atoms with E-state index in [0.717, 1.165) is 0 Å². The van der Waals surface area contributed by atoms with Gasteiger partial charge in [-0.2, -0.15) is 18.3 Å². The fourth-order valence-electron chi connectivity index (χ4n) is 1.28. The first kappa shape index (κ1) is 11.0. The van der Waals surface area contributed by atoms with Crippen LogP contribution in [0.1, 0.15) is 25.1 Å². The zero-order valence-corrected chi connectivity index (χ0v) is 7.75. The largest absolute Gasteiger partial charge is 0.390 e. The highest BCUT2D eigenvalue weighted by molar-refractivity contribution is 5.06. The second-order valence-electron chi connectivity index (χ2n) is 3.00. The number of aromatic nitrogens is 2. The van der Waals surface area contributed by atoms with Crippen LogP contribution in [0, 0.1) is 0 Å². The first-order valence-corrected chi connectivity index (χ1v) is 4.28. The highest BCUT2D eigenvalue weighted by Gasteiger charge is 2.31. The number of rotatable bonds is 3. The lowest BCUT2D eigenvalue weighted by molar-refractivity contribution is -0.138. The van der Waals surface area contributed by atoms with Gasteiger partial charge in [0.15, 0.2) is 0 Å². The molecule has 6 heteroatoms. The van der Waals surface area contributed by atoms with E-state index in [1.165, 1.54) is 16.9 Å². The Morgan fingerprint density at radius 3 is 2.71 bits per heavy atom. The third-order valence-corrected chi connectivity index (χ3v) is 1.88. The SMILES string of the molecule is CCn1nccc1C(N)CC(F)(F)F. The molecular weight excluding hydrogens is 195 g/mol. The molecule has 0 aliphatic carbocycles. The molecule has 0 aromatic carbocycles. The van der Waals surface area contributed by atoms with Crippen molar-refractivity contribution in [1.29, 1.82) is 0 Å². The summed E-state index contributed by atoms with van der Waals surface area (Å²) in [7, 11) is 0. The minimum absolute atomic E-state index is 0.421. The number of alkyl halides is 3. The molecule has 3 nitrogen and oxygen atoms in total. The second kappa shape index (κ2) is 4.00. The van der Waals surface area contributed by atoms with Crippen LogP contribution >= 0.6 is 0 Å². The topological polar surface area (TPSA) is 43.8 Å². The lowest BCUT2D eigenvalue weighted by Crippen LogP contribution is -2.22. The van der Waals surface area contributed by atoms with Crippen LogP contribution in [0.4, 0.5) is 13.2 Å². The van der Waals surface area contributed by atoms with Crippen molar-refractivity contribution in [2.75, 3.05) is 0 Å². The third-order valence-electron chi connectivity index (χ3n) is 1.88. The van der Waals surface area contributed by atoms with Crippen LogP contribution in [0.25, 0.3) is 0 Å². The average molecular weight is 207 g/mol. The quantitative estimate of drug-likeness (QED) is 0.822. The summed E-state index contributed by atoms with van der Waals surface area (Å²) in [6.45, 7) is 2.32. The Bertz CT molecular complexity index is 292.